The van der Waals surface area contributed by atoms with Gasteiger partial charge in [-0.05, 0) is 67.3 Å². The van der Waals surface area contributed by atoms with E-state index in [-0.39, 0.29) is 10.9 Å². The van der Waals surface area contributed by atoms with Crippen molar-refractivity contribution in [3.05, 3.63) is 87.3 Å². The summed E-state index contributed by atoms with van der Waals surface area (Å²) in [5.41, 5.74) is 11.0. The van der Waals surface area contributed by atoms with Crippen LogP contribution in [0, 0.1) is 0 Å². The molecule has 1 aliphatic carbocycles. The van der Waals surface area contributed by atoms with Gasteiger partial charge in [0.05, 0.1) is 5.39 Å². The molecule has 0 unspecified atom stereocenters. The van der Waals surface area contributed by atoms with Crippen molar-refractivity contribution in [2.75, 3.05) is 38.5 Å². The Kier molecular flexibility index (Phi) is 6.39. The molecule has 9 nitrogen and oxygen atoms in total. The fraction of sp³-hybridized carbons (Fsp3) is 0.310. The fourth-order valence-electron chi connectivity index (χ4n) is 5.34. The third-order valence-corrected chi connectivity index (χ3v) is 7.58. The molecule has 0 spiro atoms. The summed E-state index contributed by atoms with van der Waals surface area (Å²) in [5.74, 6) is -0.406. The minimum Gasteiger partial charge on any atom is -0.365 e. The van der Waals surface area contributed by atoms with Crippen LogP contribution < -0.4 is 16.5 Å². The zero-order valence-electron chi connectivity index (χ0n) is 21.5. The second-order valence-electron chi connectivity index (χ2n) is 10.2. The van der Waals surface area contributed by atoms with Gasteiger partial charge in [-0.1, -0.05) is 18.2 Å². The third kappa shape index (κ3) is 4.78. The molecule has 2 aromatic carbocycles. The number of nitrogens with one attached hydrogen (secondary N) is 1. The molecule has 1 aliphatic heterocycles. The lowest BCUT2D eigenvalue weighted by atomic mass is 10.1. The van der Waals surface area contributed by atoms with Crippen LogP contribution in [0.1, 0.15) is 33.5 Å². The van der Waals surface area contributed by atoms with E-state index in [0.29, 0.717) is 11.6 Å². The van der Waals surface area contributed by atoms with Gasteiger partial charge in [-0.2, -0.15) is 4.98 Å². The van der Waals surface area contributed by atoms with Gasteiger partial charge in [-0.3, -0.25) is 14.5 Å². The smallest absolute Gasteiger partial charge is 0.254 e. The number of anilines is 2. The Morgan fingerprint density at radius 3 is 2.55 bits per heavy atom. The molecule has 6 rings (SSSR count). The predicted octanol–water partition coefficient (Wildman–Crippen LogP) is 2.86. The fourth-order valence-corrected chi connectivity index (χ4v) is 5.34. The average molecular weight is 510 g/mol. The molecule has 0 radical (unpaired) electrons. The number of nitrogens with zero attached hydrogens (tertiary/aromatic N) is 5. The zero-order chi connectivity index (χ0) is 26.2. The molecule has 2 aromatic heterocycles. The van der Waals surface area contributed by atoms with Crippen molar-refractivity contribution < 1.29 is 4.79 Å². The van der Waals surface area contributed by atoms with Crippen molar-refractivity contribution in [1.29, 1.82) is 0 Å². The number of aromatic nitrogens is 3. The van der Waals surface area contributed by atoms with E-state index in [1.165, 1.54) is 29.1 Å². The normalized spacial score (nSPS) is 16.0. The number of likely N-dealkylation sites (N-methyl/N-ethyl adjacent to an activating group) is 1. The number of piperazine rings is 1. The molecule has 9 heteroatoms. The van der Waals surface area contributed by atoms with Gasteiger partial charge in [0.1, 0.15) is 5.56 Å². The minimum absolute atomic E-state index is 0.0850. The highest BCUT2D eigenvalue weighted by molar-refractivity contribution is 5.96. The quantitative estimate of drug-likeness (QED) is 0.411. The Morgan fingerprint density at radius 2 is 1.79 bits per heavy atom. The van der Waals surface area contributed by atoms with Crippen LogP contribution in [0.5, 0.6) is 0 Å². The van der Waals surface area contributed by atoms with Gasteiger partial charge >= 0.3 is 0 Å². The van der Waals surface area contributed by atoms with E-state index in [1.54, 1.807) is 4.57 Å². The van der Waals surface area contributed by atoms with Crippen LogP contribution in [0.4, 0.5) is 11.6 Å². The van der Waals surface area contributed by atoms with Crippen molar-refractivity contribution in [3.63, 3.8) is 0 Å². The zero-order valence-corrected chi connectivity index (χ0v) is 21.5. The Labute approximate surface area is 220 Å². The number of nitrogens with two attached hydrogens (primary N) is 1. The maximum Gasteiger partial charge on any atom is 0.254 e. The molecular weight excluding hydrogens is 478 g/mol. The van der Waals surface area contributed by atoms with E-state index in [4.69, 9.17) is 10.7 Å². The summed E-state index contributed by atoms with van der Waals surface area (Å²) in [6.45, 7) is 5.26. The average Bonchev–Trinajstić information content (AvgIpc) is 3.39. The standard InChI is InChI=1S/C29H31N7O2/c1-34-11-13-35(14-12-34)17-19-5-8-22(9-6-19)32-29-31-16-24-26(37)25(27(30)38)18-36(28(24)33-29)23-10-7-20-3-2-4-21(20)15-23/h5-10,15-16,18H,2-4,11-14,17H2,1H3,(H2,30,38)(H,31,32,33). The topological polar surface area (TPSA) is 109 Å². The number of hydrogen-bond donors (Lipinski definition) is 2. The number of primary amides is 1. The van der Waals surface area contributed by atoms with Crippen LogP contribution in [-0.4, -0.2) is 63.5 Å². The second kappa shape index (κ2) is 10.00. The molecule has 194 valence electrons. The monoisotopic (exact) mass is 509 g/mol. The van der Waals surface area contributed by atoms with Crippen molar-refractivity contribution in [3.8, 4) is 5.69 Å². The van der Waals surface area contributed by atoms with Crippen molar-refractivity contribution in [2.45, 2.75) is 25.8 Å². The van der Waals surface area contributed by atoms with E-state index in [1.807, 2.05) is 18.2 Å². The number of rotatable bonds is 6. The van der Waals surface area contributed by atoms with Gasteiger partial charge in [0, 0.05) is 56.5 Å². The van der Waals surface area contributed by atoms with Crippen molar-refractivity contribution in [1.82, 2.24) is 24.3 Å². The maximum absolute atomic E-state index is 13.0. The van der Waals surface area contributed by atoms with E-state index >= 15 is 0 Å². The maximum atomic E-state index is 13.0. The minimum atomic E-state index is -0.773. The Bertz CT molecular complexity index is 1570. The number of hydrogen-bond acceptors (Lipinski definition) is 7. The molecular formula is C29H31N7O2. The van der Waals surface area contributed by atoms with E-state index in [2.05, 4.69) is 51.4 Å². The molecule has 0 saturated carbocycles. The van der Waals surface area contributed by atoms with Gasteiger partial charge in [0.15, 0.2) is 5.65 Å². The number of benzene rings is 2. The lowest BCUT2D eigenvalue weighted by Crippen LogP contribution is -2.43. The summed E-state index contributed by atoms with van der Waals surface area (Å²) >= 11 is 0. The summed E-state index contributed by atoms with van der Waals surface area (Å²) in [4.78, 5) is 39.0. The Balaban J connectivity index is 1.31. The van der Waals surface area contributed by atoms with Gasteiger partial charge in [-0.15, -0.1) is 0 Å². The molecule has 3 heterocycles. The predicted molar refractivity (Wildman–Crippen MR) is 148 cm³/mol. The molecule has 4 aromatic rings. The number of fused-ring (bicyclic) bond motifs is 2. The summed E-state index contributed by atoms with van der Waals surface area (Å²) < 4.78 is 1.77. The third-order valence-electron chi connectivity index (χ3n) is 7.58. The van der Waals surface area contributed by atoms with Gasteiger partial charge in [-0.25, -0.2) is 4.98 Å². The number of aryl methyl sites for hydroxylation is 2. The van der Waals surface area contributed by atoms with Gasteiger partial charge in [0.2, 0.25) is 11.4 Å². The van der Waals surface area contributed by atoms with Gasteiger partial charge < -0.3 is 20.5 Å². The van der Waals surface area contributed by atoms with Crippen LogP contribution in [0.25, 0.3) is 16.7 Å². The number of amides is 1. The lowest BCUT2D eigenvalue weighted by Gasteiger charge is -2.32. The summed E-state index contributed by atoms with van der Waals surface area (Å²) in [5, 5.41) is 3.51. The molecule has 1 amide bonds. The van der Waals surface area contributed by atoms with Crippen LogP contribution in [-0.2, 0) is 19.4 Å². The SMILES string of the molecule is CN1CCN(Cc2ccc(Nc3ncc4c(=O)c(C(N)=O)cn(-c5ccc6c(c5)CCC6)c4n3)cc2)CC1. The van der Waals surface area contributed by atoms with Crippen molar-refractivity contribution in [2.24, 2.45) is 5.73 Å². The van der Waals surface area contributed by atoms with Crippen LogP contribution in [0.15, 0.2) is 59.7 Å². The van der Waals surface area contributed by atoms with Crippen LogP contribution >= 0.6 is 0 Å². The Morgan fingerprint density at radius 1 is 1.03 bits per heavy atom. The molecule has 1 saturated heterocycles. The number of carbonyl (C=O) groups is 1. The molecule has 0 bridgehead atoms. The summed E-state index contributed by atoms with van der Waals surface area (Å²) in [7, 11) is 2.16. The van der Waals surface area contributed by atoms with Crippen LogP contribution in [0.2, 0.25) is 0 Å². The molecule has 3 N–H and O–H groups in total. The highest BCUT2D eigenvalue weighted by atomic mass is 16.2. The first-order valence-corrected chi connectivity index (χ1v) is 13.1. The first-order valence-electron chi connectivity index (χ1n) is 13.1. The first kappa shape index (κ1) is 24.3. The Hall–Kier alpha value is -4.08. The van der Waals surface area contributed by atoms with E-state index < -0.39 is 11.3 Å². The highest BCUT2D eigenvalue weighted by Gasteiger charge is 2.18. The largest absolute Gasteiger partial charge is 0.365 e. The molecule has 1 fully saturated rings. The summed E-state index contributed by atoms with van der Waals surface area (Å²) in [6, 6.07) is 14.5. The van der Waals surface area contributed by atoms with E-state index in [0.717, 1.165) is 63.4 Å². The molecule has 2 aliphatic rings. The number of pyridine rings is 1. The van der Waals surface area contributed by atoms with E-state index in [9.17, 15) is 9.59 Å². The molecule has 38 heavy (non-hydrogen) atoms. The highest BCUT2D eigenvalue weighted by Crippen LogP contribution is 2.26. The van der Waals surface area contributed by atoms with Crippen molar-refractivity contribution >= 4 is 28.6 Å². The summed E-state index contributed by atoms with van der Waals surface area (Å²) in [6.07, 6.45) is 6.16. The first-order chi connectivity index (χ1) is 18.4. The second-order valence-corrected chi connectivity index (χ2v) is 10.2. The molecule has 0 atom stereocenters. The van der Waals surface area contributed by atoms with Crippen LogP contribution in [0.3, 0.4) is 0 Å². The van der Waals surface area contributed by atoms with Gasteiger partial charge in [0.25, 0.3) is 5.91 Å². The number of carbonyl (C=O) groups excluding carboxylic acids is 1. The lowest BCUT2D eigenvalue weighted by molar-refractivity contribution is 0.0999.